The van der Waals surface area contributed by atoms with Gasteiger partial charge < -0.3 is 19.8 Å². The van der Waals surface area contributed by atoms with Crippen LogP contribution in [0.2, 0.25) is 0 Å². The quantitative estimate of drug-likeness (QED) is 0.369. The lowest BCUT2D eigenvalue weighted by atomic mass is 9.44. The van der Waals surface area contributed by atoms with Gasteiger partial charge in [0.15, 0.2) is 22.8 Å². The average molecular weight is 465 g/mol. The molecule has 0 bridgehead atoms. The summed E-state index contributed by atoms with van der Waals surface area (Å²) in [6, 6.07) is 0. The van der Waals surface area contributed by atoms with Gasteiger partial charge in [0.2, 0.25) is 5.78 Å². The molecule has 0 spiro atoms. The Morgan fingerprint density at radius 1 is 1.24 bits per heavy atom. The summed E-state index contributed by atoms with van der Waals surface area (Å²) < 4.78 is 45.0. The third kappa shape index (κ3) is 2.51. The number of alkyl halides is 2. The monoisotopic (exact) mass is 465 g/mol. The molecule has 0 amide bonds. The van der Waals surface area contributed by atoms with Crippen LogP contribution in [0, 0.1) is 22.7 Å². The zero-order valence-corrected chi connectivity index (χ0v) is 19.0. The van der Waals surface area contributed by atoms with Crippen LogP contribution < -0.4 is 0 Å². The molecule has 0 radical (unpaired) electrons. The van der Waals surface area contributed by atoms with E-state index in [2.05, 4.69) is 5.16 Å². The highest BCUT2D eigenvalue weighted by molar-refractivity contribution is 6.31. The topological polar surface area (TPSA) is 105 Å². The molecule has 4 aliphatic carbocycles. The second-order valence-electron chi connectivity index (χ2n) is 11.0. The van der Waals surface area contributed by atoms with E-state index >= 15 is 8.78 Å². The number of ether oxygens (including phenoxy) is 2. The maximum Gasteiger partial charge on any atom is 0.212 e. The van der Waals surface area contributed by atoms with Crippen LogP contribution >= 0.6 is 0 Å². The molecule has 33 heavy (non-hydrogen) atoms. The van der Waals surface area contributed by atoms with Crippen molar-refractivity contribution >= 4 is 17.8 Å². The molecule has 9 atom stereocenters. The van der Waals surface area contributed by atoms with E-state index in [0.29, 0.717) is 0 Å². The number of hydrogen-bond donors (Lipinski definition) is 2. The van der Waals surface area contributed by atoms with Crippen LogP contribution in [-0.4, -0.2) is 63.5 Å². The number of aliphatic hydroxyl groups excluding tert-OH is 1. The average Bonchev–Trinajstić information content (AvgIpc) is 3.13. The van der Waals surface area contributed by atoms with Crippen molar-refractivity contribution in [2.75, 3.05) is 0 Å². The lowest BCUT2D eigenvalue weighted by molar-refractivity contribution is -0.246. The first-order chi connectivity index (χ1) is 15.3. The van der Waals surface area contributed by atoms with E-state index in [1.54, 1.807) is 20.8 Å². The van der Waals surface area contributed by atoms with Crippen molar-refractivity contribution in [3.63, 3.8) is 0 Å². The highest BCUT2D eigenvalue weighted by Crippen LogP contribution is 2.72. The second kappa shape index (κ2) is 6.58. The minimum atomic E-state index is -2.26. The van der Waals surface area contributed by atoms with Crippen molar-refractivity contribution in [1.29, 1.82) is 0 Å². The fourth-order valence-electron chi connectivity index (χ4n) is 7.89. The third-order valence-corrected chi connectivity index (χ3v) is 9.16. The van der Waals surface area contributed by atoms with E-state index < -0.39 is 69.7 Å². The summed E-state index contributed by atoms with van der Waals surface area (Å²) in [5, 5.41) is 23.3. The van der Waals surface area contributed by atoms with Crippen molar-refractivity contribution in [3.8, 4) is 0 Å². The number of hydrogen-bond acceptors (Lipinski definition) is 7. The van der Waals surface area contributed by atoms with Crippen LogP contribution in [0.3, 0.4) is 0 Å². The smallest absolute Gasteiger partial charge is 0.212 e. The molecule has 5 aliphatic rings. The molecule has 0 unspecified atom stereocenters. The van der Waals surface area contributed by atoms with Gasteiger partial charge in [0.25, 0.3) is 0 Å². The Morgan fingerprint density at radius 2 is 1.94 bits per heavy atom. The van der Waals surface area contributed by atoms with Gasteiger partial charge in [-0.3, -0.25) is 9.59 Å². The molecule has 1 saturated heterocycles. The summed E-state index contributed by atoms with van der Waals surface area (Å²) >= 11 is 0. The van der Waals surface area contributed by atoms with Gasteiger partial charge in [-0.1, -0.05) is 18.2 Å². The number of rotatable bonds is 2. The van der Waals surface area contributed by atoms with Gasteiger partial charge in [0.1, 0.15) is 12.4 Å². The number of allylic oxidation sites excluding steroid dienone is 4. The van der Waals surface area contributed by atoms with Crippen molar-refractivity contribution in [2.24, 2.45) is 27.8 Å². The Balaban J connectivity index is 1.66. The van der Waals surface area contributed by atoms with Gasteiger partial charge in [-0.2, -0.15) is 0 Å². The Kier molecular flexibility index (Phi) is 4.55. The van der Waals surface area contributed by atoms with E-state index in [9.17, 15) is 14.7 Å². The number of carbonyl (C=O) groups excluding carboxylic acids is 2. The molecule has 0 aromatic heterocycles. The fraction of sp³-hybridized carbons (Fsp3) is 0.708. The van der Waals surface area contributed by atoms with Crippen LogP contribution in [0.4, 0.5) is 8.78 Å². The van der Waals surface area contributed by atoms with Gasteiger partial charge in [-0.15, -0.1) is 0 Å². The molecule has 1 aliphatic heterocycles. The first-order valence-corrected chi connectivity index (χ1v) is 11.3. The molecule has 9 heteroatoms. The molecule has 2 N–H and O–H groups in total. The Bertz CT molecular complexity index is 1020. The largest absolute Gasteiger partial charge is 0.411 e. The SMILES string of the molecule is CC1(C)O[C@@H]2C[C@H]3[C@@H]4C[C@H](F)C5=CC(=O)C=C[C@]5(C)[C@@]4(F)[C@@H](O)C[C@]3(C)[C@]2(C(=O)C=NO)O1. The van der Waals surface area contributed by atoms with Gasteiger partial charge in [-0.05, 0) is 63.7 Å². The van der Waals surface area contributed by atoms with Crippen molar-refractivity contribution in [1.82, 2.24) is 0 Å². The van der Waals surface area contributed by atoms with Crippen molar-refractivity contribution in [3.05, 3.63) is 23.8 Å². The maximum absolute atomic E-state index is 17.2. The standard InChI is InChI=1S/C24H29F2NO6/c1-20(2)32-19-9-13-14-8-16(25)15-7-12(28)5-6-21(15,3)23(14,26)17(29)10-22(13,4)24(19,33-20)18(30)11-27-31/h5-7,11,13-14,16-17,19,29,31H,8-10H2,1-4H3/t13-,14-,16-,17-,19+,21-,22-,23-,24+/m0/s1. The maximum atomic E-state index is 17.2. The van der Waals surface area contributed by atoms with E-state index in [1.807, 2.05) is 0 Å². The van der Waals surface area contributed by atoms with E-state index in [4.69, 9.17) is 14.7 Å². The number of nitrogens with zero attached hydrogens (tertiary/aromatic N) is 1. The van der Waals surface area contributed by atoms with Crippen LogP contribution in [0.25, 0.3) is 0 Å². The Labute approximate surface area is 190 Å². The number of Topliss-reactive ketones (excluding diaryl/α,β-unsaturated/α-hetero) is 1. The Morgan fingerprint density at radius 3 is 2.61 bits per heavy atom. The highest BCUT2D eigenvalue weighted by Gasteiger charge is 2.80. The second-order valence-corrected chi connectivity index (χ2v) is 11.0. The number of oxime groups is 1. The molecule has 5 rings (SSSR count). The lowest BCUT2D eigenvalue weighted by Gasteiger charge is -2.63. The summed E-state index contributed by atoms with van der Waals surface area (Å²) in [6.07, 6.45) is 0.419. The number of halogens is 2. The lowest BCUT2D eigenvalue weighted by Crippen LogP contribution is -2.71. The van der Waals surface area contributed by atoms with E-state index in [0.717, 1.165) is 12.3 Å². The first-order valence-electron chi connectivity index (χ1n) is 11.3. The Hall–Kier alpha value is -1.97. The molecular formula is C24H29F2NO6. The van der Waals surface area contributed by atoms with Gasteiger partial charge in [-0.25, -0.2) is 8.78 Å². The molecule has 0 aromatic rings. The summed E-state index contributed by atoms with van der Waals surface area (Å²) in [5.41, 5.74) is -6.45. The summed E-state index contributed by atoms with van der Waals surface area (Å²) in [6.45, 7) is 6.59. The normalized spacial score (nSPS) is 52.2. The third-order valence-electron chi connectivity index (χ3n) is 9.16. The van der Waals surface area contributed by atoms with E-state index in [-0.39, 0.29) is 24.8 Å². The summed E-state index contributed by atoms with van der Waals surface area (Å²) in [4.78, 5) is 25.3. The minimum absolute atomic E-state index is 0.0430. The predicted octanol–water partition coefficient (Wildman–Crippen LogP) is 2.83. The van der Waals surface area contributed by atoms with Gasteiger partial charge >= 0.3 is 0 Å². The van der Waals surface area contributed by atoms with Gasteiger partial charge in [0.05, 0.1) is 12.2 Å². The first kappa shape index (κ1) is 22.8. The molecule has 7 nitrogen and oxygen atoms in total. The number of fused-ring (bicyclic) bond motifs is 7. The molecule has 1 heterocycles. The number of carbonyl (C=O) groups is 2. The van der Waals surface area contributed by atoms with Crippen molar-refractivity contribution < 1.29 is 38.2 Å². The molecule has 3 saturated carbocycles. The van der Waals surface area contributed by atoms with Crippen molar-refractivity contribution in [2.45, 2.75) is 82.4 Å². The van der Waals surface area contributed by atoms with Crippen LogP contribution in [0.15, 0.2) is 29.0 Å². The number of ketones is 2. The zero-order valence-electron chi connectivity index (χ0n) is 19.0. The summed E-state index contributed by atoms with van der Waals surface area (Å²) in [5.74, 6) is -3.69. The van der Waals surface area contributed by atoms with E-state index in [1.165, 1.54) is 19.1 Å². The zero-order chi connectivity index (χ0) is 24.2. The minimum Gasteiger partial charge on any atom is -0.411 e. The molecule has 4 fully saturated rings. The fourth-order valence-corrected chi connectivity index (χ4v) is 7.89. The highest BCUT2D eigenvalue weighted by atomic mass is 19.1. The number of aliphatic hydroxyl groups is 1. The van der Waals surface area contributed by atoms with Crippen LogP contribution in [0.5, 0.6) is 0 Å². The summed E-state index contributed by atoms with van der Waals surface area (Å²) in [7, 11) is 0. The molecule has 180 valence electrons. The molecular weight excluding hydrogens is 436 g/mol. The van der Waals surface area contributed by atoms with Gasteiger partial charge in [0, 0.05) is 16.7 Å². The molecule has 0 aromatic carbocycles. The predicted molar refractivity (Wildman–Crippen MR) is 112 cm³/mol. The van der Waals surface area contributed by atoms with Crippen LogP contribution in [0.1, 0.15) is 47.0 Å². The van der Waals surface area contributed by atoms with Crippen LogP contribution in [-0.2, 0) is 19.1 Å².